The van der Waals surface area contributed by atoms with E-state index in [0.717, 1.165) is 18.7 Å². The lowest BCUT2D eigenvalue weighted by molar-refractivity contribution is 0.521. The Balaban J connectivity index is 2.46. The molecule has 1 rings (SSSR count). The summed E-state index contributed by atoms with van der Waals surface area (Å²) in [5, 5.41) is 3.41. The fourth-order valence-electron chi connectivity index (χ4n) is 1.52. The molecule has 15 heavy (non-hydrogen) atoms. The van der Waals surface area contributed by atoms with Gasteiger partial charge in [0.2, 0.25) is 0 Å². The molecule has 0 spiro atoms. The quantitative estimate of drug-likeness (QED) is 0.541. The summed E-state index contributed by atoms with van der Waals surface area (Å²) in [7, 11) is 1.98. The van der Waals surface area contributed by atoms with Crippen molar-refractivity contribution in [3.63, 3.8) is 0 Å². The zero-order valence-corrected chi connectivity index (χ0v) is 9.48. The molecule has 0 aromatic carbocycles. The van der Waals surface area contributed by atoms with Crippen LogP contribution in [-0.2, 0) is 7.05 Å². The Hall–Kier alpha value is -1.13. The first-order valence-electron chi connectivity index (χ1n) is 5.30. The van der Waals surface area contributed by atoms with Crippen LogP contribution in [-0.4, -0.2) is 22.6 Å². The molecule has 0 radical (unpaired) electrons. The van der Waals surface area contributed by atoms with Crippen LogP contribution in [0.2, 0.25) is 0 Å². The number of nitrogens with two attached hydrogens (primary N) is 1. The van der Waals surface area contributed by atoms with Crippen molar-refractivity contribution >= 4 is 0 Å². The van der Waals surface area contributed by atoms with Crippen molar-refractivity contribution in [1.82, 2.24) is 14.9 Å². The minimum absolute atomic E-state index is 0.197. The van der Waals surface area contributed by atoms with E-state index < -0.39 is 0 Å². The summed E-state index contributed by atoms with van der Waals surface area (Å²) in [6.07, 6.45) is 8.89. The van der Waals surface area contributed by atoms with Gasteiger partial charge in [0.05, 0.1) is 18.1 Å². The highest BCUT2D eigenvalue weighted by molar-refractivity contribution is 5.05. The normalized spacial score (nSPS) is 13.5. The van der Waals surface area contributed by atoms with Gasteiger partial charge in [-0.15, -0.1) is 0 Å². The van der Waals surface area contributed by atoms with Crippen LogP contribution in [0.5, 0.6) is 0 Å². The minimum Gasteiger partial charge on any atom is -0.336 e. The third kappa shape index (κ3) is 3.49. The monoisotopic (exact) mass is 208 g/mol. The average molecular weight is 208 g/mol. The van der Waals surface area contributed by atoms with Crippen LogP contribution in [0.25, 0.3) is 0 Å². The van der Waals surface area contributed by atoms with Crippen LogP contribution in [0.1, 0.15) is 25.1 Å². The van der Waals surface area contributed by atoms with Gasteiger partial charge in [-0.1, -0.05) is 12.2 Å². The second-order valence-corrected chi connectivity index (χ2v) is 3.53. The minimum atomic E-state index is 0.197. The van der Waals surface area contributed by atoms with E-state index in [4.69, 9.17) is 5.73 Å². The van der Waals surface area contributed by atoms with E-state index in [9.17, 15) is 0 Å². The molecule has 0 bridgehead atoms. The molecule has 0 aliphatic carbocycles. The summed E-state index contributed by atoms with van der Waals surface area (Å²) < 4.78 is 2.00. The van der Waals surface area contributed by atoms with Gasteiger partial charge < -0.3 is 15.6 Å². The van der Waals surface area contributed by atoms with Crippen LogP contribution >= 0.6 is 0 Å². The molecule has 3 N–H and O–H groups in total. The summed E-state index contributed by atoms with van der Waals surface area (Å²) in [4.78, 5) is 4.09. The lowest BCUT2D eigenvalue weighted by atomic mass is 10.2. The molecule has 0 fully saturated rings. The molecule has 1 atom stereocenters. The molecular formula is C11H20N4. The molecule has 0 aliphatic heterocycles. The molecular weight excluding hydrogens is 188 g/mol. The second kappa shape index (κ2) is 6.37. The number of aromatic nitrogens is 2. The zero-order valence-electron chi connectivity index (χ0n) is 9.48. The van der Waals surface area contributed by atoms with Crippen LogP contribution in [0.15, 0.2) is 24.7 Å². The van der Waals surface area contributed by atoms with E-state index in [1.54, 1.807) is 6.33 Å². The molecule has 0 amide bonds. The van der Waals surface area contributed by atoms with E-state index in [1.807, 2.05) is 24.7 Å². The second-order valence-electron chi connectivity index (χ2n) is 3.53. The van der Waals surface area contributed by atoms with E-state index in [0.29, 0.717) is 6.54 Å². The molecule has 1 unspecified atom stereocenters. The Labute approximate surface area is 91.2 Å². The molecule has 1 aromatic heterocycles. The van der Waals surface area contributed by atoms with Gasteiger partial charge >= 0.3 is 0 Å². The van der Waals surface area contributed by atoms with Crippen molar-refractivity contribution in [2.75, 3.05) is 13.1 Å². The highest BCUT2D eigenvalue weighted by Gasteiger charge is 2.11. The van der Waals surface area contributed by atoms with Gasteiger partial charge in [0.15, 0.2) is 0 Å². The number of aryl methyl sites for hydroxylation is 1. The SMILES string of the molecule is C/C=C/CCNC(CN)c1cncn1C. The number of nitrogens with one attached hydrogen (secondary N) is 1. The van der Waals surface area contributed by atoms with Gasteiger partial charge in [-0.25, -0.2) is 4.98 Å². The average Bonchev–Trinajstić information content (AvgIpc) is 2.65. The van der Waals surface area contributed by atoms with Gasteiger partial charge in [0.25, 0.3) is 0 Å². The maximum absolute atomic E-state index is 5.73. The topological polar surface area (TPSA) is 55.9 Å². The largest absolute Gasteiger partial charge is 0.336 e. The Bertz CT molecular complexity index is 303. The summed E-state index contributed by atoms with van der Waals surface area (Å²) in [6.45, 7) is 3.56. The van der Waals surface area contributed by atoms with E-state index in [1.165, 1.54) is 0 Å². The first-order valence-corrected chi connectivity index (χ1v) is 5.30. The van der Waals surface area contributed by atoms with Gasteiger partial charge in [-0.05, 0) is 19.9 Å². The first kappa shape index (κ1) is 11.9. The molecule has 4 nitrogen and oxygen atoms in total. The van der Waals surface area contributed by atoms with Crippen molar-refractivity contribution in [2.24, 2.45) is 12.8 Å². The van der Waals surface area contributed by atoms with Crippen LogP contribution < -0.4 is 11.1 Å². The number of rotatable bonds is 6. The fourth-order valence-corrected chi connectivity index (χ4v) is 1.52. The smallest absolute Gasteiger partial charge is 0.0946 e. The highest BCUT2D eigenvalue weighted by Crippen LogP contribution is 2.09. The van der Waals surface area contributed by atoms with Crippen LogP contribution in [0, 0.1) is 0 Å². The Morgan fingerprint density at radius 1 is 1.67 bits per heavy atom. The zero-order chi connectivity index (χ0) is 11.1. The third-order valence-corrected chi connectivity index (χ3v) is 2.38. The number of hydrogen-bond donors (Lipinski definition) is 2. The van der Waals surface area contributed by atoms with Gasteiger partial charge in [0, 0.05) is 19.8 Å². The van der Waals surface area contributed by atoms with Gasteiger partial charge in [0.1, 0.15) is 0 Å². The molecule has 84 valence electrons. The van der Waals surface area contributed by atoms with Crippen molar-refractivity contribution in [3.05, 3.63) is 30.4 Å². The van der Waals surface area contributed by atoms with Crippen LogP contribution in [0.4, 0.5) is 0 Å². The van der Waals surface area contributed by atoms with Crippen molar-refractivity contribution in [1.29, 1.82) is 0 Å². The summed E-state index contributed by atoms with van der Waals surface area (Å²) in [5.41, 5.74) is 6.86. The van der Waals surface area contributed by atoms with Gasteiger partial charge in [-0.2, -0.15) is 0 Å². The van der Waals surface area contributed by atoms with Crippen molar-refractivity contribution in [3.8, 4) is 0 Å². The van der Waals surface area contributed by atoms with Crippen LogP contribution in [0.3, 0.4) is 0 Å². The molecule has 0 saturated carbocycles. The Morgan fingerprint density at radius 3 is 3.00 bits per heavy atom. The third-order valence-electron chi connectivity index (χ3n) is 2.38. The molecule has 1 heterocycles. The fraction of sp³-hybridized carbons (Fsp3) is 0.545. The maximum Gasteiger partial charge on any atom is 0.0946 e. The maximum atomic E-state index is 5.73. The lowest BCUT2D eigenvalue weighted by Gasteiger charge is -2.16. The molecule has 1 aromatic rings. The predicted octanol–water partition coefficient (Wildman–Crippen LogP) is 0.976. The Kier molecular flexibility index (Phi) is 5.07. The van der Waals surface area contributed by atoms with E-state index >= 15 is 0 Å². The van der Waals surface area contributed by atoms with Gasteiger partial charge in [-0.3, -0.25) is 0 Å². The van der Waals surface area contributed by atoms with Crippen molar-refractivity contribution < 1.29 is 0 Å². The predicted molar refractivity (Wildman–Crippen MR) is 62.4 cm³/mol. The van der Waals surface area contributed by atoms with E-state index in [-0.39, 0.29) is 6.04 Å². The number of nitrogens with zero attached hydrogens (tertiary/aromatic N) is 2. The highest BCUT2D eigenvalue weighted by atomic mass is 15.1. The molecule has 0 saturated heterocycles. The number of hydrogen-bond acceptors (Lipinski definition) is 3. The lowest BCUT2D eigenvalue weighted by Crippen LogP contribution is -2.30. The number of imidazole rings is 1. The first-order chi connectivity index (χ1) is 7.29. The Morgan fingerprint density at radius 2 is 2.47 bits per heavy atom. The molecule has 0 aliphatic rings. The van der Waals surface area contributed by atoms with Crippen molar-refractivity contribution in [2.45, 2.75) is 19.4 Å². The summed E-state index contributed by atoms with van der Waals surface area (Å²) >= 11 is 0. The van der Waals surface area contributed by atoms with E-state index in [2.05, 4.69) is 22.5 Å². The standard InChI is InChI=1S/C11H20N4/c1-3-4-5-6-14-10(7-12)11-8-13-9-15(11)2/h3-4,8-10,14H,5-7,12H2,1-2H3/b4-3+. The summed E-state index contributed by atoms with van der Waals surface area (Å²) in [6, 6.07) is 0.197. The molecule has 4 heteroatoms. The summed E-state index contributed by atoms with van der Waals surface area (Å²) in [5.74, 6) is 0. The number of allylic oxidation sites excluding steroid dienone is 1.